The van der Waals surface area contributed by atoms with Crippen LogP contribution in [0.1, 0.15) is 38.7 Å². The van der Waals surface area contributed by atoms with Crippen LogP contribution >= 0.6 is 0 Å². The van der Waals surface area contributed by atoms with Gasteiger partial charge >= 0.3 is 0 Å². The maximum Gasteiger partial charge on any atom is 0.212 e. The van der Waals surface area contributed by atoms with Gasteiger partial charge < -0.3 is 11.1 Å². The van der Waals surface area contributed by atoms with Gasteiger partial charge in [0.25, 0.3) is 0 Å². The van der Waals surface area contributed by atoms with Crippen molar-refractivity contribution in [3.05, 3.63) is 66.8 Å². The minimum atomic E-state index is 0.399. The van der Waals surface area contributed by atoms with E-state index >= 15 is 0 Å². The molecule has 1 atom stereocenters. The number of allylic oxidation sites excluding steroid dienone is 3. The maximum absolute atomic E-state index is 10.5. The van der Waals surface area contributed by atoms with Crippen molar-refractivity contribution in [1.29, 1.82) is 0 Å². The smallest absolute Gasteiger partial charge is 0.212 e. The fourth-order valence-corrected chi connectivity index (χ4v) is 3.22. The molecule has 1 unspecified atom stereocenters. The van der Waals surface area contributed by atoms with Crippen LogP contribution in [0.15, 0.2) is 66.2 Å². The number of carbonyl (C=O) groups excluding carboxylic acids is 1. The summed E-state index contributed by atoms with van der Waals surface area (Å²) < 4.78 is 0. The van der Waals surface area contributed by atoms with E-state index in [2.05, 4.69) is 51.8 Å². The van der Waals surface area contributed by atoms with Crippen molar-refractivity contribution in [1.82, 2.24) is 15.0 Å². The average Bonchev–Trinajstić information content (AvgIpc) is 3.68. The lowest BCUT2D eigenvalue weighted by Gasteiger charge is -2.09. The Bertz CT molecular complexity index is 1210. The number of nitrogens with one attached hydrogen (secondary N) is 1. The van der Waals surface area contributed by atoms with Gasteiger partial charge in [-0.15, -0.1) is 0 Å². The topological polar surface area (TPSA) is 106 Å². The number of hydrogen-bond donors (Lipinski definition) is 2. The normalized spacial score (nSPS) is 14.1. The largest absolute Gasteiger partial charge is 0.383 e. The second-order valence-electron chi connectivity index (χ2n) is 8.45. The number of amides is 1. The van der Waals surface area contributed by atoms with Gasteiger partial charge in [-0.2, -0.15) is 0 Å². The number of anilines is 2. The van der Waals surface area contributed by atoms with E-state index in [-0.39, 0.29) is 0 Å². The standard InChI is InChI=1S/C15H13N5O.C12H19N/c1-9-2-3-17-6-11(9)13-4-10-5-14(19-8-21)18-7-12(10)15(16)20-13;1-4-10(2)6-5-9-13-11(3)12-7-8-12/h2-8H,1H3,(H2,16,20)(H,18,19,21);5-6,9-10,12H,3-4,7-8H2,1-2H3/b;6-5-,13-9?. The lowest BCUT2D eigenvalue weighted by molar-refractivity contribution is -0.105. The third-order valence-electron chi connectivity index (χ3n) is 5.73. The Hall–Kier alpha value is -3.87. The van der Waals surface area contributed by atoms with Gasteiger partial charge in [0.15, 0.2) is 0 Å². The molecule has 0 aliphatic heterocycles. The summed E-state index contributed by atoms with van der Waals surface area (Å²) in [5.74, 6) is 2.21. The Kier molecular flexibility index (Phi) is 8.62. The van der Waals surface area contributed by atoms with Crippen LogP contribution in [0.5, 0.6) is 0 Å². The predicted octanol–water partition coefficient (Wildman–Crippen LogP) is 5.73. The third kappa shape index (κ3) is 6.81. The number of aliphatic imine (C=N–C) groups is 1. The zero-order valence-corrected chi connectivity index (χ0v) is 20.0. The molecular formula is C27H32N6O. The van der Waals surface area contributed by atoms with Gasteiger partial charge in [0, 0.05) is 47.4 Å². The number of nitrogens with zero attached hydrogens (tertiary/aromatic N) is 4. The van der Waals surface area contributed by atoms with E-state index in [1.807, 2.05) is 31.3 Å². The number of aromatic nitrogens is 3. The van der Waals surface area contributed by atoms with Crippen molar-refractivity contribution in [3.8, 4) is 11.3 Å². The van der Waals surface area contributed by atoms with Crippen LogP contribution in [0.2, 0.25) is 0 Å². The van der Waals surface area contributed by atoms with Crippen molar-refractivity contribution in [2.45, 2.75) is 40.0 Å². The minimum Gasteiger partial charge on any atom is -0.383 e. The van der Waals surface area contributed by atoms with Crippen molar-refractivity contribution in [3.63, 3.8) is 0 Å². The highest BCUT2D eigenvalue weighted by Gasteiger charge is 2.23. The van der Waals surface area contributed by atoms with E-state index in [0.29, 0.717) is 29.9 Å². The Morgan fingerprint density at radius 2 is 2.15 bits per heavy atom. The molecule has 1 aliphatic carbocycles. The van der Waals surface area contributed by atoms with E-state index in [9.17, 15) is 4.79 Å². The summed E-state index contributed by atoms with van der Waals surface area (Å²) in [7, 11) is 0. The molecule has 3 N–H and O–H groups in total. The van der Waals surface area contributed by atoms with Gasteiger partial charge in [-0.1, -0.05) is 32.9 Å². The highest BCUT2D eigenvalue weighted by Crippen LogP contribution is 2.35. The van der Waals surface area contributed by atoms with Gasteiger partial charge in [-0.05, 0) is 60.9 Å². The molecular weight excluding hydrogens is 424 g/mol. The third-order valence-corrected chi connectivity index (χ3v) is 5.73. The highest BCUT2D eigenvalue weighted by atomic mass is 16.1. The molecule has 34 heavy (non-hydrogen) atoms. The predicted molar refractivity (Wildman–Crippen MR) is 141 cm³/mol. The number of nitrogens with two attached hydrogens (primary N) is 1. The van der Waals surface area contributed by atoms with Gasteiger partial charge in [-0.25, -0.2) is 9.97 Å². The molecule has 7 heteroatoms. The molecule has 0 radical (unpaired) electrons. The summed E-state index contributed by atoms with van der Waals surface area (Å²) in [5.41, 5.74) is 9.79. The van der Waals surface area contributed by atoms with E-state index in [1.165, 1.54) is 19.3 Å². The summed E-state index contributed by atoms with van der Waals surface area (Å²) in [6.07, 6.45) is 15.5. The van der Waals surface area contributed by atoms with E-state index < -0.39 is 0 Å². The molecule has 3 aromatic heterocycles. The minimum absolute atomic E-state index is 0.399. The molecule has 7 nitrogen and oxygen atoms in total. The van der Waals surface area contributed by atoms with Crippen molar-refractivity contribution < 1.29 is 4.79 Å². The van der Waals surface area contributed by atoms with Crippen LogP contribution in [-0.2, 0) is 4.79 Å². The van der Waals surface area contributed by atoms with Crippen LogP contribution in [-0.4, -0.2) is 27.6 Å². The lowest BCUT2D eigenvalue weighted by Crippen LogP contribution is -1.99. The Morgan fingerprint density at radius 3 is 2.82 bits per heavy atom. The van der Waals surface area contributed by atoms with Crippen LogP contribution in [0, 0.1) is 18.8 Å². The fraction of sp³-hybridized carbons (Fsp3) is 0.296. The molecule has 176 valence electrons. The molecule has 1 fully saturated rings. The van der Waals surface area contributed by atoms with E-state index in [4.69, 9.17) is 5.73 Å². The second-order valence-corrected chi connectivity index (χ2v) is 8.45. The number of hydrogen-bond acceptors (Lipinski definition) is 6. The molecule has 1 amide bonds. The molecule has 0 aromatic carbocycles. The molecule has 3 aromatic rings. The van der Waals surface area contributed by atoms with Crippen LogP contribution < -0.4 is 11.1 Å². The highest BCUT2D eigenvalue weighted by molar-refractivity contribution is 5.95. The van der Waals surface area contributed by atoms with Gasteiger partial charge in [0.1, 0.15) is 11.6 Å². The quantitative estimate of drug-likeness (QED) is 0.332. The summed E-state index contributed by atoms with van der Waals surface area (Å²) in [4.78, 5) is 27.4. The number of rotatable bonds is 8. The molecule has 3 heterocycles. The first kappa shape index (κ1) is 24.8. The number of carbonyl (C=O) groups is 1. The molecule has 0 spiro atoms. The lowest BCUT2D eigenvalue weighted by atomic mass is 10.1. The SMILES string of the molecule is C=C(N=C/C=C\C(C)CC)C1CC1.Cc1ccncc1-c1cc2cc(NC=O)ncc2c(N)n1. The zero-order chi connectivity index (χ0) is 24.5. The number of nitrogen functional groups attached to an aromatic ring is 1. The summed E-state index contributed by atoms with van der Waals surface area (Å²) in [6.45, 7) is 10.3. The molecule has 0 bridgehead atoms. The summed E-state index contributed by atoms with van der Waals surface area (Å²) >= 11 is 0. The number of pyridine rings is 3. The van der Waals surface area contributed by atoms with Gasteiger partial charge in [0.2, 0.25) is 6.41 Å². The number of aryl methyl sites for hydroxylation is 1. The van der Waals surface area contributed by atoms with Crippen molar-refractivity contribution in [2.24, 2.45) is 16.8 Å². The molecule has 1 saturated carbocycles. The fourth-order valence-electron chi connectivity index (χ4n) is 3.22. The Balaban J connectivity index is 0.000000215. The first-order valence-electron chi connectivity index (χ1n) is 11.5. The molecule has 1 aliphatic rings. The zero-order valence-electron chi connectivity index (χ0n) is 20.0. The maximum atomic E-state index is 10.5. The van der Waals surface area contributed by atoms with Crippen molar-refractivity contribution >= 4 is 35.0 Å². The summed E-state index contributed by atoms with van der Waals surface area (Å²) in [6, 6.07) is 5.59. The van der Waals surface area contributed by atoms with Gasteiger partial charge in [0.05, 0.1) is 5.69 Å². The molecule has 0 saturated heterocycles. The van der Waals surface area contributed by atoms with Crippen LogP contribution in [0.4, 0.5) is 11.6 Å². The van der Waals surface area contributed by atoms with Crippen LogP contribution in [0.25, 0.3) is 22.0 Å². The molecule has 4 rings (SSSR count). The first-order valence-corrected chi connectivity index (χ1v) is 11.5. The van der Waals surface area contributed by atoms with Crippen LogP contribution in [0.3, 0.4) is 0 Å². The van der Waals surface area contributed by atoms with Gasteiger partial charge in [-0.3, -0.25) is 14.8 Å². The Labute approximate surface area is 201 Å². The van der Waals surface area contributed by atoms with E-state index in [0.717, 1.165) is 33.3 Å². The average molecular weight is 457 g/mol. The Morgan fingerprint density at radius 1 is 1.35 bits per heavy atom. The second kappa shape index (κ2) is 11.8. The number of fused-ring (bicyclic) bond motifs is 1. The summed E-state index contributed by atoms with van der Waals surface area (Å²) in [5, 5.41) is 4.13. The first-order chi connectivity index (χ1) is 16.4. The monoisotopic (exact) mass is 456 g/mol. The van der Waals surface area contributed by atoms with E-state index in [1.54, 1.807) is 24.7 Å². The van der Waals surface area contributed by atoms with Crippen molar-refractivity contribution in [2.75, 3.05) is 11.1 Å².